The summed E-state index contributed by atoms with van der Waals surface area (Å²) in [6, 6.07) is 7.07. The Bertz CT molecular complexity index is 985. The van der Waals surface area contributed by atoms with Crippen molar-refractivity contribution in [3.05, 3.63) is 62.7 Å². The van der Waals surface area contributed by atoms with Gasteiger partial charge < -0.3 is 14.2 Å². The van der Waals surface area contributed by atoms with Crippen molar-refractivity contribution in [2.75, 3.05) is 7.05 Å². The third-order valence-corrected chi connectivity index (χ3v) is 5.19. The van der Waals surface area contributed by atoms with E-state index in [1.807, 2.05) is 11.6 Å². The molecule has 0 fully saturated rings. The van der Waals surface area contributed by atoms with Crippen molar-refractivity contribution < 1.29 is 14.1 Å². The van der Waals surface area contributed by atoms with Gasteiger partial charge in [0.2, 0.25) is 0 Å². The molecule has 0 aliphatic heterocycles. The highest BCUT2D eigenvalue weighted by Gasteiger charge is 2.24. The summed E-state index contributed by atoms with van der Waals surface area (Å²) in [5.41, 5.74) is 1.76. The third kappa shape index (κ3) is 4.39. The topological polar surface area (TPSA) is 73.4 Å². The minimum atomic E-state index is -0.253. The standard InChI is InChI=1S/C19H20BrClN4O3/c1-4-25-17(16(20)9-22-25)10-24(3)19(26)18-15(12(2)28-23-18)11-27-14-7-5-6-13(21)8-14/h5-9H,4,10-11H2,1-3H3. The van der Waals surface area contributed by atoms with Gasteiger partial charge in [-0.25, -0.2) is 0 Å². The van der Waals surface area contributed by atoms with Crippen molar-refractivity contribution in [3.63, 3.8) is 0 Å². The van der Waals surface area contributed by atoms with Crippen LogP contribution in [-0.2, 0) is 19.7 Å². The van der Waals surface area contributed by atoms with Crippen molar-refractivity contribution in [2.45, 2.75) is 33.5 Å². The molecule has 148 valence electrons. The number of halogens is 2. The van der Waals surface area contributed by atoms with E-state index in [2.05, 4.69) is 26.2 Å². The van der Waals surface area contributed by atoms with Gasteiger partial charge in [-0.1, -0.05) is 22.8 Å². The number of amides is 1. The Morgan fingerprint density at radius 3 is 2.93 bits per heavy atom. The Hall–Kier alpha value is -2.32. The van der Waals surface area contributed by atoms with Gasteiger partial charge in [-0.15, -0.1) is 0 Å². The summed E-state index contributed by atoms with van der Waals surface area (Å²) in [4.78, 5) is 14.5. The summed E-state index contributed by atoms with van der Waals surface area (Å²) >= 11 is 9.46. The molecule has 0 unspecified atom stereocenters. The van der Waals surface area contributed by atoms with Crippen LogP contribution in [0.3, 0.4) is 0 Å². The van der Waals surface area contributed by atoms with Crippen LogP contribution in [0.2, 0.25) is 5.02 Å². The van der Waals surface area contributed by atoms with Crippen molar-refractivity contribution >= 4 is 33.4 Å². The highest BCUT2D eigenvalue weighted by atomic mass is 79.9. The summed E-state index contributed by atoms with van der Waals surface area (Å²) in [6.07, 6.45) is 1.72. The second-order valence-corrected chi connectivity index (χ2v) is 7.52. The Balaban J connectivity index is 1.76. The number of hydrogen-bond donors (Lipinski definition) is 0. The van der Waals surface area contributed by atoms with E-state index in [1.54, 1.807) is 49.3 Å². The number of rotatable bonds is 7. The van der Waals surface area contributed by atoms with Crippen molar-refractivity contribution in [1.29, 1.82) is 0 Å². The van der Waals surface area contributed by atoms with Crippen LogP contribution < -0.4 is 4.74 Å². The van der Waals surface area contributed by atoms with Gasteiger partial charge in [0.15, 0.2) is 5.69 Å². The minimum Gasteiger partial charge on any atom is -0.489 e. The van der Waals surface area contributed by atoms with Gasteiger partial charge in [0, 0.05) is 18.6 Å². The Kier molecular flexibility index (Phi) is 6.41. The predicted molar refractivity (Wildman–Crippen MR) is 108 cm³/mol. The quantitative estimate of drug-likeness (QED) is 0.513. The van der Waals surface area contributed by atoms with Crippen LogP contribution in [0.5, 0.6) is 5.75 Å². The van der Waals surface area contributed by atoms with Crippen molar-refractivity contribution in [1.82, 2.24) is 19.8 Å². The van der Waals surface area contributed by atoms with Crippen LogP contribution in [-0.4, -0.2) is 32.8 Å². The lowest BCUT2D eigenvalue weighted by molar-refractivity contribution is 0.0768. The van der Waals surface area contributed by atoms with E-state index in [9.17, 15) is 4.79 Å². The molecule has 0 aliphatic carbocycles. The molecule has 0 bridgehead atoms. The van der Waals surface area contributed by atoms with E-state index in [1.165, 1.54) is 0 Å². The number of aromatic nitrogens is 3. The smallest absolute Gasteiger partial charge is 0.276 e. The number of hydrogen-bond acceptors (Lipinski definition) is 5. The lowest BCUT2D eigenvalue weighted by atomic mass is 10.2. The molecule has 2 aromatic heterocycles. The van der Waals surface area contributed by atoms with Gasteiger partial charge in [-0.05, 0) is 48.0 Å². The molecule has 0 spiro atoms. The zero-order chi connectivity index (χ0) is 20.3. The SMILES string of the molecule is CCn1ncc(Br)c1CN(C)C(=O)c1noc(C)c1COc1cccc(Cl)c1. The first kappa shape index (κ1) is 20.4. The fraction of sp³-hybridized carbons (Fsp3) is 0.316. The number of carbonyl (C=O) groups is 1. The molecule has 0 radical (unpaired) electrons. The maximum Gasteiger partial charge on any atom is 0.276 e. The predicted octanol–water partition coefficient (Wildman–Crippen LogP) is 4.47. The van der Waals surface area contributed by atoms with Crippen LogP contribution in [0, 0.1) is 6.92 Å². The molecule has 3 rings (SSSR count). The largest absolute Gasteiger partial charge is 0.489 e. The third-order valence-electron chi connectivity index (χ3n) is 4.30. The summed E-state index contributed by atoms with van der Waals surface area (Å²) in [5, 5.41) is 8.81. The number of nitrogens with zero attached hydrogens (tertiary/aromatic N) is 4. The molecule has 7 nitrogen and oxygen atoms in total. The molecule has 2 heterocycles. The first-order chi connectivity index (χ1) is 13.4. The molecule has 9 heteroatoms. The van der Waals surface area contributed by atoms with E-state index in [-0.39, 0.29) is 18.2 Å². The first-order valence-corrected chi connectivity index (χ1v) is 9.87. The van der Waals surface area contributed by atoms with Crippen LogP contribution in [0.15, 0.2) is 39.5 Å². The van der Waals surface area contributed by atoms with Crippen LogP contribution in [0.1, 0.15) is 34.4 Å². The van der Waals surface area contributed by atoms with E-state index < -0.39 is 0 Å². The van der Waals surface area contributed by atoms with Gasteiger partial charge in [0.25, 0.3) is 5.91 Å². The number of aryl methyl sites for hydroxylation is 2. The summed E-state index contributed by atoms with van der Waals surface area (Å²) in [5.74, 6) is 0.895. The monoisotopic (exact) mass is 466 g/mol. The molecule has 1 amide bonds. The Morgan fingerprint density at radius 1 is 1.43 bits per heavy atom. The zero-order valence-electron chi connectivity index (χ0n) is 15.8. The lowest BCUT2D eigenvalue weighted by Gasteiger charge is -2.17. The van der Waals surface area contributed by atoms with Gasteiger partial charge in [-0.3, -0.25) is 9.48 Å². The molecule has 3 aromatic rings. The average Bonchev–Trinajstić information content (AvgIpc) is 3.22. The van der Waals surface area contributed by atoms with E-state index in [0.29, 0.717) is 35.2 Å². The number of benzene rings is 1. The summed E-state index contributed by atoms with van der Waals surface area (Å²) < 4.78 is 13.7. The molecule has 0 N–H and O–H groups in total. The molecule has 0 aliphatic rings. The molecule has 1 aromatic carbocycles. The second kappa shape index (κ2) is 8.79. The average molecular weight is 468 g/mol. The van der Waals surface area contributed by atoms with Crippen LogP contribution in [0.25, 0.3) is 0 Å². The zero-order valence-corrected chi connectivity index (χ0v) is 18.1. The fourth-order valence-corrected chi connectivity index (χ4v) is 3.34. The van der Waals surface area contributed by atoms with Crippen LogP contribution >= 0.6 is 27.5 Å². The van der Waals surface area contributed by atoms with E-state index >= 15 is 0 Å². The maximum atomic E-state index is 13.0. The number of carbonyl (C=O) groups excluding carboxylic acids is 1. The normalized spacial score (nSPS) is 10.9. The molecular formula is C19H20BrClN4O3. The first-order valence-electron chi connectivity index (χ1n) is 8.69. The Labute approximate surface area is 176 Å². The number of ether oxygens (including phenoxy) is 1. The van der Waals surface area contributed by atoms with Gasteiger partial charge in [-0.2, -0.15) is 5.10 Å². The van der Waals surface area contributed by atoms with E-state index in [4.69, 9.17) is 20.9 Å². The fourth-order valence-electron chi connectivity index (χ4n) is 2.74. The summed E-state index contributed by atoms with van der Waals surface area (Å²) in [6.45, 7) is 5.00. The van der Waals surface area contributed by atoms with Crippen molar-refractivity contribution in [2.24, 2.45) is 0 Å². The van der Waals surface area contributed by atoms with E-state index in [0.717, 1.165) is 10.2 Å². The van der Waals surface area contributed by atoms with Crippen molar-refractivity contribution in [3.8, 4) is 5.75 Å². The van der Waals surface area contributed by atoms with Gasteiger partial charge in [0.05, 0.1) is 28.5 Å². The highest BCUT2D eigenvalue weighted by Crippen LogP contribution is 2.23. The molecular weight excluding hydrogens is 448 g/mol. The van der Waals surface area contributed by atoms with Crippen LogP contribution in [0.4, 0.5) is 0 Å². The highest BCUT2D eigenvalue weighted by molar-refractivity contribution is 9.10. The lowest BCUT2D eigenvalue weighted by Crippen LogP contribution is -2.29. The van der Waals surface area contributed by atoms with Gasteiger partial charge in [0.1, 0.15) is 18.1 Å². The molecule has 28 heavy (non-hydrogen) atoms. The Morgan fingerprint density at radius 2 is 2.21 bits per heavy atom. The molecule has 0 atom stereocenters. The molecule has 0 saturated carbocycles. The summed E-state index contributed by atoms with van der Waals surface area (Å²) in [7, 11) is 1.72. The second-order valence-electron chi connectivity index (χ2n) is 6.23. The maximum absolute atomic E-state index is 13.0. The minimum absolute atomic E-state index is 0.154. The molecule has 0 saturated heterocycles. The van der Waals surface area contributed by atoms with Gasteiger partial charge >= 0.3 is 0 Å².